The molecule has 1 unspecified atom stereocenters. The molecule has 0 bridgehead atoms. The van der Waals surface area contributed by atoms with E-state index < -0.39 is 11.4 Å². The molecule has 0 rings (SSSR count). The summed E-state index contributed by atoms with van der Waals surface area (Å²) < 4.78 is 23.6. The van der Waals surface area contributed by atoms with Crippen molar-refractivity contribution in [2.24, 2.45) is 0 Å². The van der Waals surface area contributed by atoms with Crippen LogP contribution in [0.25, 0.3) is 0 Å². The first kappa shape index (κ1) is 10.8. The van der Waals surface area contributed by atoms with Gasteiger partial charge in [0.05, 0.1) is 11.4 Å². The van der Waals surface area contributed by atoms with Crippen molar-refractivity contribution in [3.63, 3.8) is 0 Å². The van der Waals surface area contributed by atoms with Gasteiger partial charge in [0.2, 0.25) is 5.12 Å². The van der Waals surface area contributed by atoms with Crippen LogP contribution in [-0.2, 0) is 20.3 Å². The van der Waals surface area contributed by atoms with Crippen LogP contribution in [0.15, 0.2) is 12.2 Å². The van der Waals surface area contributed by atoms with Crippen molar-refractivity contribution < 1.29 is 17.7 Å². The standard InChI is InChI=1S/C5H8O4S2/c1-4(2)5(6)10-3-9-11(7)8/h1,3H2,2H3,(H,7,8)/p-1. The van der Waals surface area contributed by atoms with E-state index >= 15 is 0 Å². The van der Waals surface area contributed by atoms with E-state index in [-0.39, 0.29) is 11.1 Å². The minimum Gasteiger partial charge on any atom is -0.750 e. The highest BCUT2D eigenvalue weighted by molar-refractivity contribution is 8.14. The van der Waals surface area contributed by atoms with E-state index in [1.54, 1.807) is 6.92 Å². The molecule has 0 heterocycles. The molecule has 11 heavy (non-hydrogen) atoms. The SMILES string of the molecule is C=C(C)C(=O)SCOS(=O)[O-]. The molecule has 0 N–H and O–H groups in total. The first-order valence-corrected chi connectivity index (χ1v) is 4.57. The fourth-order valence-electron chi connectivity index (χ4n) is 0.240. The summed E-state index contributed by atoms with van der Waals surface area (Å²) in [7, 11) is 0. The molecule has 0 aliphatic rings. The van der Waals surface area contributed by atoms with E-state index in [4.69, 9.17) is 0 Å². The molecule has 0 radical (unpaired) electrons. The van der Waals surface area contributed by atoms with E-state index in [0.717, 1.165) is 11.8 Å². The zero-order valence-corrected chi connectivity index (χ0v) is 7.50. The van der Waals surface area contributed by atoms with Crippen molar-refractivity contribution in [3.05, 3.63) is 12.2 Å². The summed E-state index contributed by atoms with van der Waals surface area (Å²) in [6, 6.07) is 0. The van der Waals surface area contributed by atoms with E-state index in [0.29, 0.717) is 5.57 Å². The zero-order valence-electron chi connectivity index (χ0n) is 5.86. The third-order valence-electron chi connectivity index (χ3n) is 0.683. The van der Waals surface area contributed by atoms with Gasteiger partial charge in [0.1, 0.15) is 5.94 Å². The quantitative estimate of drug-likeness (QED) is 0.373. The predicted octanol–water partition coefficient (Wildman–Crippen LogP) is 0.591. The van der Waals surface area contributed by atoms with Gasteiger partial charge in [0, 0.05) is 0 Å². The summed E-state index contributed by atoms with van der Waals surface area (Å²) in [5.41, 5.74) is 0.371. The first-order chi connectivity index (χ1) is 5.04. The first-order valence-electron chi connectivity index (χ1n) is 2.59. The largest absolute Gasteiger partial charge is 0.750 e. The summed E-state index contributed by atoms with van der Waals surface area (Å²) >= 11 is -1.79. The molecule has 0 aliphatic heterocycles. The number of carbonyl (C=O) groups excluding carboxylic acids is 1. The smallest absolute Gasteiger partial charge is 0.216 e. The van der Waals surface area contributed by atoms with Gasteiger partial charge in [0.15, 0.2) is 0 Å². The molecule has 64 valence electrons. The van der Waals surface area contributed by atoms with Crippen LogP contribution in [0.5, 0.6) is 0 Å². The van der Waals surface area contributed by atoms with Crippen LogP contribution >= 0.6 is 11.8 Å². The van der Waals surface area contributed by atoms with Crippen LogP contribution in [0.1, 0.15) is 6.92 Å². The molecule has 6 heteroatoms. The number of thioether (sulfide) groups is 1. The molecular formula is C5H7O4S2-. The Morgan fingerprint density at radius 2 is 2.36 bits per heavy atom. The van der Waals surface area contributed by atoms with E-state index in [9.17, 15) is 13.6 Å². The van der Waals surface area contributed by atoms with Crippen molar-refractivity contribution >= 4 is 28.2 Å². The molecule has 0 saturated heterocycles. The van der Waals surface area contributed by atoms with Crippen LogP contribution in [0.3, 0.4) is 0 Å². The number of hydrogen-bond donors (Lipinski definition) is 0. The maximum absolute atomic E-state index is 10.7. The van der Waals surface area contributed by atoms with Gasteiger partial charge in [0.25, 0.3) is 0 Å². The van der Waals surface area contributed by atoms with Crippen molar-refractivity contribution in [3.8, 4) is 0 Å². The third-order valence-corrected chi connectivity index (χ3v) is 1.99. The Hall–Kier alpha value is -0.170. The molecule has 1 atom stereocenters. The average Bonchev–Trinajstić information content (AvgIpc) is 1.86. The van der Waals surface area contributed by atoms with Gasteiger partial charge in [-0.1, -0.05) is 18.3 Å². The minimum atomic E-state index is -2.55. The van der Waals surface area contributed by atoms with Crippen LogP contribution in [-0.4, -0.2) is 19.8 Å². The Balaban J connectivity index is 3.47. The van der Waals surface area contributed by atoms with Gasteiger partial charge < -0.3 is 4.55 Å². The maximum Gasteiger partial charge on any atom is 0.216 e. The monoisotopic (exact) mass is 195 g/mol. The average molecular weight is 195 g/mol. The summed E-state index contributed by atoms with van der Waals surface area (Å²) in [6.45, 7) is 4.92. The Bertz CT molecular complexity index is 189. The second-order valence-electron chi connectivity index (χ2n) is 1.65. The lowest BCUT2D eigenvalue weighted by Crippen LogP contribution is -1.99. The lowest BCUT2D eigenvalue weighted by Gasteiger charge is -2.03. The number of rotatable bonds is 4. The van der Waals surface area contributed by atoms with Crippen LogP contribution in [0, 0.1) is 0 Å². The van der Waals surface area contributed by atoms with Crippen molar-refractivity contribution in [1.82, 2.24) is 0 Å². The molecule has 0 spiro atoms. The Morgan fingerprint density at radius 3 is 2.73 bits per heavy atom. The van der Waals surface area contributed by atoms with Gasteiger partial charge in [-0.25, -0.2) is 4.21 Å². The zero-order chi connectivity index (χ0) is 8.85. The summed E-state index contributed by atoms with van der Waals surface area (Å²) in [5, 5.41) is -0.268. The fourth-order valence-corrected chi connectivity index (χ4v) is 1.10. The van der Waals surface area contributed by atoms with Crippen molar-refractivity contribution in [2.45, 2.75) is 6.92 Å². The highest BCUT2D eigenvalue weighted by Crippen LogP contribution is 2.08. The summed E-state index contributed by atoms with van der Waals surface area (Å²) in [4.78, 5) is 10.7. The highest BCUT2D eigenvalue weighted by Gasteiger charge is 2.01. The molecule has 0 aromatic rings. The summed E-state index contributed by atoms with van der Waals surface area (Å²) in [6.07, 6.45) is 0. The van der Waals surface area contributed by atoms with Crippen molar-refractivity contribution in [2.75, 3.05) is 5.94 Å². The molecular weight excluding hydrogens is 188 g/mol. The number of hydrogen-bond acceptors (Lipinski definition) is 5. The fraction of sp³-hybridized carbons (Fsp3) is 0.400. The van der Waals surface area contributed by atoms with Crippen LogP contribution in [0.2, 0.25) is 0 Å². The topological polar surface area (TPSA) is 66.4 Å². The summed E-state index contributed by atoms with van der Waals surface area (Å²) in [5.74, 6) is -0.193. The molecule has 4 nitrogen and oxygen atoms in total. The molecule has 0 fully saturated rings. The second kappa shape index (κ2) is 5.48. The van der Waals surface area contributed by atoms with Gasteiger partial charge in [-0.3, -0.25) is 8.98 Å². The van der Waals surface area contributed by atoms with Crippen LogP contribution < -0.4 is 0 Å². The minimum absolute atomic E-state index is 0.193. The third kappa shape index (κ3) is 6.24. The van der Waals surface area contributed by atoms with E-state index in [2.05, 4.69) is 10.8 Å². The van der Waals surface area contributed by atoms with Gasteiger partial charge >= 0.3 is 0 Å². The Morgan fingerprint density at radius 1 is 1.82 bits per heavy atom. The normalized spacial score (nSPS) is 12.5. The lowest BCUT2D eigenvalue weighted by molar-refractivity contribution is -0.107. The van der Waals surface area contributed by atoms with Gasteiger partial charge in [-0.2, -0.15) is 0 Å². The molecule has 0 saturated carbocycles. The van der Waals surface area contributed by atoms with E-state index in [1.807, 2.05) is 0 Å². The highest BCUT2D eigenvalue weighted by atomic mass is 32.2. The second-order valence-corrected chi connectivity index (χ2v) is 3.19. The molecule has 0 aromatic heterocycles. The van der Waals surface area contributed by atoms with E-state index in [1.165, 1.54) is 0 Å². The Kier molecular flexibility index (Phi) is 5.39. The molecule has 0 aromatic carbocycles. The van der Waals surface area contributed by atoms with Crippen molar-refractivity contribution in [1.29, 1.82) is 0 Å². The van der Waals surface area contributed by atoms with Crippen LogP contribution in [0.4, 0.5) is 0 Å². The molecule has 0 amide bonds. The Labute approximate surface area is 71.5 Å². The maximum atomic E-state index is 10.7. The van der Waals surface area contributed by atoms with Gasteiger partial charge in [-0.15, -0.1) is 0 Å². The number of carbonyl (C=O) groups is 1. The van der Waals surface area contributed by atoms with Gasteiger partial charge in [-0.05, 0) is 12.5 Å². The molecule has 0 aliphatic carbocycles. The predicted molar refractivity (Wildman–Crippen MR) is 42.3 cm³/mol. The lowest BCUT2D eigenvalue weighted by atomic mass is 10.4.